The highest BCUT2D eigenvalue weighted by Gasteiger charge is 2.31. The molecule has 0 unspecified atom stereocenters. The molecule has 1 amide bonds. The zero-order valence-electron chi connectivity index (χ0n) is 22.2. The fourth-order valence-electron chi connectivity index (χ4n) is 4.10. The van der Waals surface area contributed by atoms with Gasteiger partial charge in [0.2, 0.25) is 0 Å². The number of fused-ring (bicyclic) bond motifs is 1. The lowest BCUT2D eigenvalue weighted by Gasteiger charge is -2.32. The molecule has 0 saturated carbocycles. The number of nitrogens with zero attached hydrogens (tertiary/aromatic N) is 1. The fraction of sp³-hybridized carbons (Fsp3) is 0.500. The lowest BCUT2D eigenvalue weighted by Crippen LogP contribution is -2.40. The van der Waals surface area contributed by atoms with Crippen LogP contribution in [0.3, 0.4) is 0 Å². The number of ether oxygens (including phenoxy) is 2. The van der Waals surface area contributed by atoms with E-state index in [9.17, 15) is 22.8 Å². The van der Waals surface area contributed by atoms with Crippen LogP contribution in [0, 0.1) is 0 Å². The summed E-state index contributed by atoms with van der Waals surface area (Å²) in [4.78, 5) is 26.4. The molecule has 0 bridgehead atoms. The smallest absolute Gasteiger partial charge is 0.416 e. The van der Waals surface area contributed by atoms with Crippen LogP contribution in [-0.2, 0) is 40.0 Å². The second-order valence-electron chi connectivity index (χ2n) is 11.2. The predicted octanol–water partition coefficient (Wildman–Crippen LogP) is 6.10. The maximum Gasteiger partial charge on any atom is 0.416 e. The summed E-state index contributed by atoms with van der Waals surface area (Å²) in [6.45, 7) is 11.9. The Morgan fingerprint density at radius 3 is 2.14 bits per heavy atom. The van der Waals surface area contributed by atoms with Crippen LogP contribution in [0.1, 0.15) is 63.8 Å². The molecule has 1 aliphatic rings. The molecule has 6 nitrogen and oxygen atoms in total. The topological polar surface area (TPSA) is 67.9 Å². The highest BCUT2D eigenvalue weighted by atomic mass is 19.4. The Labute approximate surface area is 216 Å². The highest BCUT2D eigenvalue weighted by Crippen LogP contribution is 2.35. The van der Waals surface area contributed by atoms with Gasteiger partial charge in [0.05, 0.1) is 12.1 Å². The standard InChI is InChI=1S/C28H35F3N2O4/c1-26(2,3)36-24(34)16-32-15-18-13-20-11-12-33(25(35)37-27(4,5)6)17-23(20)22(14-18)19-7-9-21(10-8-19)28(29,30)31/h7-10,13-14,32H,11-12,15-17H2,1-6H3. The van der Waals surface area contributed by atoms with Crippen LogP contribution in [0.25, 0.3) is 11.1 Å². The van der Waals surface area contributed by atoms with Gasteiger partial charge in [-0.25, -0.2) is 4.79 Å². The number of rotatable bonds is 5. The van der Waals surface area contributed by atoms with Gasteiger partial charge in [0.25, 0.3) is 0 Å². The van der Waals surface area contributed by atoms with E-state index in [0.29, 0.717) is 25.1 Å². The summed E-state index contributed by atoms with van der Waals surface area (Å²) in [5.74, 6) is -0.374. The minimum absolute atomic E-state index is 0.0242. The summed E-state index contributed by atoms with van der Waals surface area (Å²) in [6, 6.07) is 8.91. The van der Waals surface area contributed by atoms with E-state index in [0.717, 1.165) is 34.4 Å². The maximum atomic E-state index is 13.1. The van der Waals surface area contributed by atoms with Gasteiger partial charge in [-0.2, -0.15) is 13.2 Å². The first-order valence-electron chi connectivity index (χ1n) is 12.2. The Morgan fingerprint density at radius 2 is 1.57 bits per heavy atom. The van der Waals surface area contributed by atoms with Gasteiger partial charge >= 0.3 is 18.2 Å². The molecule has 0 spiro atoms. The van der Waals surface area contributed by atoms with E-state index < -0.39 is 29.0 Å². The number of carbonyl (C=O) groups excluding carboxylic acids is 2. The third-order valence-corrected chi connectivity index (χ3v) is 5.60. The van der Waals surface area contributed by atoms with Crippen molar-refractivity contribution in [3.63, 3.8) is 0 Å². The molecule has 202 valence electrons. The van der Waals surface area contributed by atoms with E-state index in [1.807, 2.05) is 12.1 Å². The van der Waals surface area contributed by atoms with E-state index in [2.05, 4.69) is 5.32 Å². The van der Waals surface area contributed by atoms with E-state index in [1.54, 1.807) is 46.4 Å². The molecule has 2 aromatic carbocycles. The first-order valence-corrected chi connectivity index (χ1v) is 12.2. The number of alkyl halides is 3. The quantitative estimate of drug-likeness (QED) is 0.483. The molecule has 1 N–H and O–H groups in total. The van der Waals surface area contributed by atoms with Gasteiger partial charge in [0, 0.05) is 19.6 Å². The van der Waals surface area contributed by atoms with Gasteiger partial charge in [0.15, 0.2) is 0 Å². The zero-order chi connectivity index (χ0) is 27.6. The Morgan fingerprint density at radius 1 is 0.946 bits per heavy atom. The SMILES string of the molecule is CC(C)(C)OC(=O)CNCc1cc2c(c(-c3ccc(C(F)(F)F)cc3)c1)CN(C(=O)OC(C)(C)C)CC2. The molecule has 9 heteroatoms. The summed E-state index contributed by atoms with van der Waals surface area (Å²) >= 11 is 0. The Kier molecular flexibility index (Phi) is 8.27. The Bertz CT molecular complexity index is 1130. The van der Waals surface area contributed by atoms with E-state index in [-0.39, 0.29) is 19.1 Å². The van der Waals surface area contributed by atoms with Crippen molar-refractivity contribution in [1.82, 2.24) is 10.2 Å². The number of benzene rings is 2. The number of hydrogen-bond donors (Lipinski definition) is 1. The lowest BCUT2D eigenvalue weighted by atomic mass is 9.88. The molecule has 1 heterocycles. The van der Waals surface area contributed by atoms with Crippen LogP contribution in [0.15, 0.2) is 36.4 Å². The average molecular weight is 521 g/mol. The van der Waals surface area contributed by atoms with Crippen molar-refractivity contribution in [3.05, 3.63) is 58.7 Å². The molecule has 0 aromatic heterocycles. The third kappa shape index (κ3) is 8.21. The summed E-state index contributed by atoms with van der Waals surface area (Å²) in [7, 11) is 0. The average Bonchev–Trinajstić information content (AvgIpc) is 2.75. The summed E-state index contributed by atoms with van der Waals surface area (Å²) in [5.41, 5.74) is 2.16. The lowest BCUT2D eigenvalue weighted by molar-refractivity contribution is -0.153. The summed E-state index contributed by atoms with van der Waals surface area (Å²) in [5, 5.41) is 3.08. The zero-order valence-corrected chi connectivity index (χ0v) is 22.2. The van der Waals surface area contributed by atoms with Gasteiger partial charge in [0.1, 0.15) is 11.2 Å². The van der Waals surface area contributed by atoms with Crippen LogP contribution in [0.5, 0.6) is 0 Å². The maximum absolute atomic E-state index is 13.1. The molecule has 0 saturated heterocycles. The van der Waals surface area contributed by atoms with Crippen molar-refractivity contribution >= 4 is 12.1 Å². The van der Waals surface area contributed by atoms with E-state index >= 15 is 0 Å². The van der Waals surface area contributed by atoms with Crippen molar-refractivity contribution in [1.29, 1.82) is 0 Å². The minimum Gasteiger partial charge on any atom is -0.459 e. The van der Waals surface area contributed by atoms with Gasteiger partial charge < -0.3 is 19.7 Å². The first-order chi connectivity index (χ1) is 17.0. The van der Waals surface area contributed by atoms with Crippen molar-refractivity contribution in [3.8, 4) is 11.1 Å². The molecular formula is C28H35F3N2O4. The van der Waals surface area contributed by atoms with Crippen LogP contribution in [-0.4, -0.2) is 41.3 Å². The van der Waals surface area contributed by atoms with Crippen LogP contribution >= 0.6 is 0 Å². The monoisotopic (exact) mass is 520 g/mol. The van der Waals surface area contributed by atoms with Gasteiger partial charge in [-0.3, -0.25) is 4.79 Å². The first kappa shape index (κ1) is 28.5. The van der Waals surface area contributed by atoms with Gasteiger partial charge in [-0.15, -0.1) is 0 Å². The fourth-order valence-corrected chi connectivity index (χ4v) is 4.10. The second-order valence-corrected chi connectivity index (χ2v) is 11.2. The summed E-state index contributed by atoms with van der Waals surface area (Å²) < 4.78 is 50.3. The number of esters is 1. The molecule has 0 fully saturated rings. The number of nitrogens with one attached hydrogen (secondary N) is 1. The molecule has 0 aliphatic carbocycles. The number of halogens is 3. The minimum atomic E-state index is -4.43. The third-order valence-electron chi connectivity index (χ3n) is 5.60. The van der Waals surface area contributed by atoms with Crippen molar-refractivity contribution in [2.75, 3.05) is 13.1 Å². The van der Waals surface area contributed by atoms with Crippen molar-refractivity contribution in [2.24, 2.45) is 0 Å². The Hall–Kier alpha value is -3.07. The highest BCUT2D eigenvalue weighted by molar-refractivity contribution is 5.74. The van der Waals surface area contributed by atoms with Crippen LogP contribution in [0.4, 0.5) is 18.0 Å². The van der Waals surface area contributed by atoms with Crippen molar-refractivity contribution < 1.29 is 32.2 Å². The van der Waals surface area contributed by atoms with Crippen LogP contribution < -0.4 is 5.32 Å². The predicted molar refractivity (Wildman–Crippen MR) is 135 cm³/mol. The van der Waals surface area contributed by atoms with E-state index in [4.69, 9.17) is 9.47 Å². The normalized spacial score (nSPS) is 14.2. The molecule has 3 rings (SSSR count). The molecule has 0 atom stereocenters. The van der Waals surface area contributed by atoms with Gasteiger partial charge in [-0.05, 0) is 94.0 Å². The van der Waals surface area contributed by atoms with Gasteiger partial charge in [-0.1, -0.05) is 18.2 Å². The molecule has 2 aromatic rings. The van der Waals surface area contributed by atoms with E-state index in [1.165, 1.54) is 12.1 Å². The molecule has 1 aliphatic heterocycles. The molecule has 37 heavy (non-hydrogen) atoms. The van der Waals surface area contributed by atoms with Crippen LogP contribution in [0.2, 0.25) is 0 Å². The molecule has 0 radical (unpaired) electrons. The number of carbonyl (C=O) groups is 2. The van der Waals surface area contributed by atoms with Crippen molar-refractivity contribution in [2.45, 2.75) is 78.4 Å². The Balaban J connectivity index is 1.89. The molecular weight excluding hydrogens is 485 g/mol. The number of hydrogen-bond acceptors (Lipinski definition) is 5. The second kappa shape index (κ2) is 10.7. The number of amides is 1. The summed E-state index contributed by atoms with van der Waals surface area (Å²) in [6.07, 6.45) is -4.29. The largest absolute Gasteiger partial charge is 0.459 e.